The molecule has 2 rings (SSSR count). The molecule has 2 aromatic rings. The summed E-state index contributed by atoms with van der Waals surface area (Å²) in [6, 6.07) is 12.1. The van der Waals surface area contributed by atoms with Crippen molar-refractivity contribution in [2.75, 3.05) is 11.9 Å². The van der Waals surface area contributed by atoms with Crippen LogP contribution in [0.4, 0.5) is 5.69 Å². The van der Waals surface area contributed by atoms with E-state index < -0.39 is 5.97 Å². The smallest absolute Gasteiger partial charge is 0.337 e. The number of carboxylic acid groups (broad SMARTS) is 1. The van der Waals surface area contributed by atoms with Crippen LogP contribution < -0.4 is 4.90 Å². The molecule has 0 radical (unpaired) electrons. The third-order valence-corrected chi connectivity index (χ3v) is 3.42. The average molecular weight is 283 g/mol. The second-order valence-corrected chi connectivity index (χ2v) is 5.00. The van der Waals surface area contributed by atoms with Crippen molar-refractivity contribution in [1.82, 2.24) is 0 Å². The van der Waals surface area contributed by atoms with E-state index in [0.29, 0.717) is 11.3 Å². The van der Waals surface area contributed by atoms with Crippen LogP contribution in [0.2, 0.25) is 0 Å². The van der Waals surface area contributed by atoms with Gasteiger partial charge in [0.25, 0.3) is 5.91 Å². The number of aryl methyl sites for hydroxylation is 2. The minimum atomic E-state index is -1.05. The van der Waals surface area contributed by atoms with Gasteiger partial charge < -0.3 is 10.0 Å². The molecule has 0 aromatic heterocycles. The summed E-state index contributed by atoms with van der Waals surface area (Å²) in [5.74, 6) is -1.27. The lowest BCUT2D eigenvalue weighted by atomic mass is 10.0. The van der Waals surface area contributed by atoms with Gasteiger partial charge in [0.2, 0.25) is 0 Å². The van der Waals surface area contributed by atoms with E-state index in [2.05, 4.69) is 0 Å². The molecule has 0 saturated heterocycles. The zero-order chi connectivity index (χ0) is 15.6. The van der Waals surface area contributed by atoms with Gasteiger partial charge >= 0.3 is 5.97 Å². The van der Waals surface area contributed by atoms with E-state index in [1.54, 1.807) is 25.2 Å². The minimum Gasteiger partial charge on any atom is -0.478 e. The van der Waals surface area contributed by atoms with E-state index in [9.17, 15) is 14.7 Å². The standard InChI is InChI=1S/C17H17NO3/c1-11-8-9-12(2)14(10-11)16(19)18(3)15-7-5-4-6-13(15)17(20)21/h4-10H,1-3H3,(H,20,21). The summed E-state index contributed by atoms with van der Waals surface area (Å²) in [7, 11) is 1.59. The molecule has 0 aliphatic rings. The van der Waals surface area contributed by atoms with Gasteiger partial charge in [0.1, 0.15) is 0 Å². The van der Waals surface area contributed by atoms with E-state index >= 15 is 0 Å². The number of para-hydroxylation sites is 1. The largest absolute Gasteiger partial charge is 0.478 e. The van der Waals surface area contributed by atoms with Crippen LogP contribution in [-0.2, 0) is 0 Å². The quantitative estimate of drug-likeness (QED) is 0.940. The first-order chi connectivity index (χ1) is 9.91. The third kappa shape index (κ3) is 2.94. The second kappa shape index (κ2) is 5.79. The number of carbonyl (C=O) groups is 2. The van der Waals surface area contributed by atoms with E-state index in [4.69, 9.17) is 0 Å². The first-order valence-corrected chi connectivity index (χ1v) is 6.59. The Morgan fingerprint density at radius 3 is 2.33 bits per heavy atom. The lowest BCUT2D eigenvalue weighted by Crippen LogP contribution is -2.28. The fraction of sp³-hybridized carbons (Fsp3) is 0.176. The van der Waals surface area contributed by atoms with Crippen LogP contribution in [0.5, 0.6) is 0 Å². The number of carbonyl (C=O) groups excluding carboxylic acids is 1. The molecule has 0 aliphatic heterocycles. The molecule has 0 aliphatic carbocycles. The molecule has 0 spiro atoms. The number of amides is 1. The van der Waals surface area contributed by atoms with Crippen LogP contribution in [-0.4, -0.2) is 24.0 Å². The molecule has 0 bridgehead atoms. The molecular formula is C17H17NO3. The van der Waals surface area contributed by atoms with Crippen molar-refractivity contribution in [3.63, 3.8) is 0 Å². The molecule has 21 heavy (non-hydrogen) atoms. The second-order valence-electron chi connectivity index (χ2n) is 5.00. The monoisotopic (exact) mass is 283 g/mol. The molecule has 108 valence electrons. The summed E-state index contributed by atoms with van der Waals surface area (Å²) in [6.07, 6.45) is 0. The highest BCUT2D eigenvalue weighted by Crippen LogP contribution is 2.22. The van der Waals surface area contributed by atoms with Crippen LogP contribution in [0.1, 0.15) is 31.8 Å². The van der Waals surface area contributed by atoms with Crippen molar-refractivity contribution in [2.24, 2.45) is 0 Å². The van der Waals surface area contributed by atoms with Gasteiger partial charge in [-0.25, -0.2) is 4.79 Å². The Hall–Kier alpha value is -2.62. The van der Waals surface area contributed by atoms with Crippen molar-refractivity contribution in [3.8, 4) is 0 Å². The summed E-state index contributed by atoms with van der Waals surface area (Å²) in [5, 5.41) is 9.23. The molecule has 0 unspecified atom stereocenters. The van der Waals surface area contributed by atoms with Gasteiger partial charge in [0.15, 0.2) is 0 Å². The van der Waals surface area contributed by atoms with E-state index in [1.807, 2.05) is 32.0 Å². The summed E-state index contributed by atoms with van der Waals surface area (Å²) in [4.78, 5) is 25.3. The number of anilines is 1. The Morgan fingerprint density at radius 2 is 1.67 bits per heavy atom. The van der Waals surface area contributed by atoms with Gasteiger partial charge in [-0.1, -0.05) is 29.8 Å². The number of hydrogen-bond acceptors (Lipinski definition) is 2. The van der Waals surface area contributed by atoms with Gasteiger partial charge in [-0.2, -0.15) is 0 Å². The maximum Gasteiger partial charge on any atom is 0.337 e. The fourth-order valence-corrected chi connectivity index (χ4v) is 2.20. The van der Waals surface area contributed by atoms with E-state index in [-0.39, 0.29) is 11.5 Å². The molecule has 0 atom stereocenters. The number of rotatable bonds is 3. The number of nitrogens with zero attached hydrogens (tertiary/aromatic N) is 1. The first-order valence-electron chi connectivity index (χ1n) is 6.59. The topological polar surface area (TPSA) is 57.6 Å². The molecule has 4 heteroatoms. The highest BCUT2D eigenvalue weighted by Gasteiger charge is 2.20. The lowest BCUT2D eigenvalue weighted by molar-refractivity contribution is 0.0697. The Bertz CT molecular complexity index is 707. The van der Waals surface area contributed by atoms with Crippen molar-refractivity contribution in [3.05, 3.63) is 64.7 Å². The van der Waals surface area contributed by atoms with Gasteiger partial charge in [-0.15, -0.1) is 0 Å². The zero-order valence-electron chi connectivity index (χ0n) is 12.3. The predicted octanol–water partition coefficient (Wildman–Crippen LogP) is 3.28. The molecular weight excluding hydrogens is 266 g/mol. The van der Waals surface area contributed by atoms with Gasteiger partial charge in [0.05, 0.1) is 11.3 Å². The van der Waals surface area contributed by atoms with Crippen molar-refractivity contribution in [2.45, 2.75) is 13.8 Å². The Balaban J connectivity index is 2.45. The zero-order valence-corrected chi connectivity index (χ0v) is 12.3. The highest BCUT2D eigenvalue weighted by atomic mass is 16.4. The SMILES string of the molecule is Cc1ccc(C)c(C(=O)N(C)c2ccccc2C(=O)O)c1. The predicted molar refractivity (Wildman–Crippen MR) is 82.1 cm³/mol. The third-order valence-electron chi connectivity index (χ3n) is 3.42. The molecule has 1 amide bonds. The van der Waals surface area contributed by atoms with Crippen LogP contribution in [0.15, 0.2) is 42.5 Å². The molecule has 0 heterocycles. The van der Waals surface area contributed by atoms with Crippen molar-refractivity contribution < 1.29 is 14.7 Å². The number of hydrogen-bond donors (Lipinski definition) is 1. The lowest BCUT2D eigenvalue weighted by Gasteiger charge is -2.20. The summed E-state index contributed by atoms with van der Waals surface area (Å²) >= 11 is 0. The Morgan fingerprint density at radius 1 is 1.00 bits per heavy atom. The molecule has 0 fully saturated rings. The average Bonchev–Trinajstić information content (AvgIpc) is 2.48. The van der Waals surface area contributed by atoms with Gasteiger partial charge in [0, 0.05) is 12.6 Å². The summed E-state index contributed by atoms with van der Waals surface area (Å²) < 4.78 is 0. The number of aromatic carboxylic acids is 1. The summed E-state index contributed by atoms with van der Waals surface area (Å²) in [6.45, 7) is 3.78. The van der Waals surface area contributed by atoms with Crippen LogP contribution >= 0.6 is 0 Å². The maximum absolute atomic E-state index is 12.6. The molecule has 0 saturated carbocycles. The molecule has 4 nitrogen and oxygen atoms in total. The van der Waals surface area contributed by atoms with Crippen LogP contribution in [0, 0.1) is 13.8 Å². The molecule has 2 aromatic carbocycles. The summed E-state index contributed by atoms with van der Waals surface area (Å²) in [5.41, 5.74) is 2.93. The van der Waals surface area contributed by atoms with Crippen LogP contribution in [0.25, 0.3) is 0 Å². The van der Waals surface area contributed by atoms with Crippen molar-refractivity contribution >= 4 is 17.6 Å². The van der Waals surface area contributed by atoms with E-state index in [0.717, 1.165) is 11.1 Å². The van der Waals surface area contributed by atoms with Crippen molar-refractivity contribution in [1.29, 1.82) is 0 Å². The first kappa shape index (κ1) is 14.8. The number of benzene rings is 2. The highest BCUT2D eigenvalue weighted by molar-refractivity contribution is 6.09. The maximum atomic E-state index is 12.6. The normalized spacial score (nSPS) is 10.2. The Labute approximate surface area is 123 Å². The van der Waals surface area contributed by atoms with E-state index in [1.165, 1.54) is 11.0 Å². The number of carboxylic acids is 1. The van der Waals surface area contributed by atoms with Gasteiger partial charge in [-0.05, 0) is 37.6 Å². The van der Waals surface area contributed by atoms with Gasteiger partial charge in [-0.3, -0.25) is 4.79 Å². The minimum absolute atomic E-state index is 0.110. The van der Waals surface area contributed by atoms with Crippen LogP contribution in [0.3, 0.4) is 0 Å². The molecule has 1 N–H and O–H groups in total. The Kier molecular flexibility index (Phi) is 4.08. The fourth-order valence-electron chi connectivity index (χ4n) is 2.20.